The van der Waals surface area contributed by atoms with E-state index in [2.05, 4.69) is 20.3 Å². The summed E-state index contributed by atoms with van der Waals surface area (Å²) in [5, 5.41) is 3.29. The van der Waals surface area contributed by atoms with Gasteiger partial charge < -0.3 is 14.8 Å². The number of amides is 1. The van der Waals surface area contributed by atoms with Crippen LogP contribution < -0.4 is 14.8 Å². The number of carbonyl (C=O) groups excluding carboxylic acids is 1. The number of nitrogens with zero attached hydrogens (tertiary/aromatic N) is 3. The molecule has 0 aliphatic rings. The smallest absolute Gasteiger partial charge is 0.255 e. The number of hydrogen-bond acceptors (Lipinski definition) is 7. The van der Waals surface area contributed by atoms with Crippen LogP contribution in [0.3, 0.4) is 0 Å². The van der Waals surface area contributed by atoms with E-state index in [4.69, 9.17) is 9.47 Å². The molecule has 2 aromatic heterocycles. The van der Waals surface area contributed by atoms with Crippen LogP contribution in [-0.2, 0) is 0 Å². The van der Waals surface area contributed by atoms with E-state index >= 15 is 0 Å². The minimum absolute atomic E-state index is 0.200. The van der Waals surface area contributed by atoms with Gasteiger partial charge in [0.15, 0.2) is 5.16 Å². The highest BCUT2D eigenvalue weighted by Crippen LogP contribution is 2.28. The summed E-state index contributed by atoms with van der Waals surface area (Å²) in [6.45, 7) is 0. The Balaban J connectivity index is 1.71. The first kappa shape index (κ1) is 17.7. The zero-order valence-electron chi connectivity index (χ0n) is 14.2. The van der Waals surface area contributed by atoms with Gasteiger partial charge in [-0.25, -0.2) is 0 Å². The number of benzene rings is 1. The Bertz CT molecular complexity index is 866. The predicted molar refractivity (Wildman–Crippen MR) is 97.9 cm³/mol. The maximum absolute atomic E-state index is 12.2. The van der Waals surface area contributed by atoms with E-state index in [0.29, 0.717) is 28.2 Å². The Labute approximate surface area is 154 Å². The third kappa shape index (κ3) is 4.48. The van der Waals surface area contributed by atoms with Crippen molar-refractivity contribution in [1.29, 1.82) is 0 Å². The lowest BCUT2D eigenvalue weighted by atomic mass is 10.2. The summed E-state index contributed by atoms with van der Waals surface area (Å²) in [4.78, 5) is 25.6. The lowest BCUT2D eigenvalue weighted by Crippen LogP contribution is -2.11. The first-order valence-electron chi connectivity index (χ1n) is 7.64. The van der Waals surface area contributed by atoms with Crippen molar-refractivity contribution in [2.45, 2.75) is 10.1 Å². The van der Waals surface area contributed by atoms with Crippen LogP contribution in [-0.4, -0.2) is 35.1 Å². The molecule has 3 rings (SSSR count). The molecular weight excluding hydrogens is 352 g/mol. The number of nitrogens with one attached hydrogen (secondary N) is 1. The quantitative estimate of drug-likeness (QED) is 0.668. The molecule has 0 saturated heterocycles. The lowest BCUT2D eigenvalue weighted by Gasteiger charge is -2.07. The maximum atomic E-state index is 12.2. The fourth-order valence-corrected chi connectivity index (χ4v) is 2.81. The minimum atomic E-state index is -0.200. The van der Waals surface area contributed by atoms with E-state index in [1.165, 1.54) is 26.0 Å². The maximum Gasteiger partial charge on any atom is 0.255 e. The molecule has 8 heteroatoms. The Morgan fingerprint density at radius 2 is 1.73 bits per heavy atom. The summed E-state index contributed by atoms with van der Waals surface area (Å²) in [6.07, 6.45) is 3.24. The summed E-state index contributed by atoms with van der Waals surface area (Å²) < 4.78 is 10.3. The lowest BCUT2D eigenvalue weighted by molar-refractivity contribution is 0.102. The van der Waals surface area contributed by atoms with Gasteiger partial charge in [-0.3, -0.25) is 9.78 Å². The number of methoxy groups -OCH3 is 2. The van der Waals surface area contributed by atoms with Crippen molar-refractivity contribution in [3.8, 4) is 11.8 Å². The summed E-state index contributed by atoms with van der Waals surface area (Å²) in [5.41, 5.74) is 1.19. The normalized spacial score (nSPS) is 10.2. The van der Waals surface area contributed by atoms with Gasteiger partial charge in [0, 0.05) is 16.7 Å². The molecule has 26 heavy (non-hydrogen) atoms. The first-order valence-corrected chi connectivity index (χ1v) is 8.46. The van der Waals surface area contributed by atoms with Crippen LogP contribution in [0.25, 0.3) is 0 Å². The minimum Gasteiger partial charge on any atom is -0.481 e. The number of anilines is 1. The molecule has 0 radical (unpaired) electrons. The molecule has 0 saturated carbocycles. The van der Waals surface area contributed by atoms with Crippen molar-refractivity contribution in [2.75, 3.05) is 19.5 Å². The first-order chi connectivity index (χ1) is 12.7. The number of rotatable bonds is 6. The van der Waals surface area contributed by atoms with Crippen molar-refractivity contribution < 1.29 is 14.3 Å². The zero-order valence-corrected chi connectivity index (χ0v) is 15.0. The van der Waals surface area contributed by atoms with Gasteiger partial charge in [-0.15, -0.1) is 0 Å². The average molecular weight is 368 g/mol. The Morgan fingerprint density at radius 1 is 1.04 bits per heavy atom. The third-order valence-corrected chi connectivity index (χ3v) is 4.19. The second kappa shape index (κ2) is 8.30. The molecule has 0 unspecified atom stereocenters. The highest BCUT2D eigenvalue weighted by Gasteiger charge is 2.09. The summed E-state index contributed by atoms with van der Waals surface area (Å²) in [7, 11) is 3.07. The van der Waals surface area contributed by atoms with Crippen LogP contribution in [0.5, 0.6) is 11.8 Å². The molecule has 7 nitrogen and oxygen atoms in total. The van der Waals surface area contributed by atoms with Crippen molar-refractivity contribution in [2.24, 2.45) is 0 Å². The van der Waals surface area contributed by atoms with Crippen molar-refractivity contribution in [1.82, 2.24) is 15.0 Å². The number of pyridine rings is 1. The van der Waals surface area contributed by atoms with Gasteiger partial charge in [0.25, 0.3) is 5.91 Å². The second-order valence-electron chi connectivity index (χ2n) is 5.06. The largest absolute Gasteiger partial charge is 0.481 e. The fraction of sp³-hybridized carbons (Fsp3) is 0.111. The molecule has 0 bridgehead atoms. The number of carbonyl (C=O) groups is 1. The molecule has 1 amide bonds. The van der Waals surface area contributed by atoms with E-state index in [9.17, 15) is 4.79 Å². The van der Waals surface area contributed by atoms with E-state index < -0.39 is 0 Å². The van der Waals surface area contributed by atoms with Gasteiger partial charge in [-0.05, 0) is 48.2 Å². The fourth-order valence-electron chi connectivity index (χ4n) is 2.06. The Hall–Kier alpha value is -3.13. The molecule has 3 aromatic rings. The SMILES string of the molecule is COc1cc(OC)nc(Sc2ccc(C(=O)Nc3cccnc3)cc2)n1. The van der Waals surface area contributed by atoms with Gasteiger partial charge in [-0.1, -0.05) is 0 Å². The number of aromatic nitrogens is 3. The van der Waals surface area contributed by atoms with Crippen LogP contribution in [0.1, 0.15) is 10.4 Å². The van der Waals surface area contributed by atoms with E-state index in [0.717, 1.165) is 4.90 Å². The summed E-state index contributed by atoms with van der Waals surface area (Å²) >= 11 is 1.35. The van der Waals surface area contributed by atoms with Gasteiger partial charge in [0.05, 0.1) is 32.2 Å². The molecule has 0 fully saturated rings. The number of hydrogen-bond donors (Lipinski definition) is 1. The molecule has 1 N–H and O–H groups in total. The Kier molecular flexibility index (Phi) is 5.65. The van der Waals surface area contributed by atoms with Gasteiger partial charge in [0.1, 0.15) is 0 Å². The molecule has 0 spiro atoms. The van der Waals surface area contributed by atoms with Crippen molar-refractivity contribution in [3.63, 3.8) is 0 Å². The van der Waals surface area contributed by atoms with E-state index in [-0.39, 0.29) is 5.91 Å². The average Bonchev–Trinajstić information content (AvgIpc) is 2.69. The molecule has 0 atom stereocenters. The number of ether oxygens (including phenoxy) is 2. The Morgan fingerprint density at radius 3 is 2.31 bits per heavy atom. The molecule has 2 heterocycles. The topological polar surface area (TPSA) is 86.2 Å². The standard InChI is InChI=1S/C18H16N4O3S/c1-24-15-10-16(25-2)22-18(21-15)26-14-7-5-12(6-8-14)17(23)20-13-4-3-9-19-11-13/h3-11H,1-2H3,(H,20,23). The monoisotopic (exact) mass is 368 g/mol. The zero-order chi connectivity index (χ0) is 18.4. The summed E-state index contributed by atoms with van der Waals surface area (Å²) in [5.74, 6) is 0.646. The van der Waals surface area contributed by atoms with Crippen LogP contribution in [0, 0.1) is 0 Å². The third-order valence-electron chi connectivity index (χ3n) is 3.32. The van der Waals surface area contributed by atoms with E-state index in [1.54, 1.807) is 42.7 Å². The van der Waals surface area contributed by atoms with Crippen LogP contribution in [0.2, 0.25) is 0 Å². The highest BCUT2D eigenvalue weighted by atomic mass is 32.2. The van der Waals surface area contributed by atoms with Crippen molar-refractivity contribution >= 4 is 23.4 Å². The van der Waals surface area contributed by atoms with Crippen LogP contribution in [0.15, 0.2) is 64.9 Å². The molecular formula is C18H16N4O3S. The van der Waals surface area contributed by atoms with Gasteiger partial charge in [-0.2, -0.15) is 9.97 Å². The van der Waals surface area contributed by atoms with E-state index in [1.807, 2.05) is 12.1 Å². The highest BCUT2D eigenvalue weighted by molar-refractivity contribution is 7.99. The van der Waals surface area contributed by atoms with Gasteiger partial charge >= 0.3 is 0 Å². The molecule has 132 valence electrons. The molecule has 0 aliphatic heterocycles. The second-order valence-corrected chi connectivity index (χ2v) is 6.10. The van der Waals surface area contributed by atoms with Crippen LogP contribution >= 0.6 is 11.8 Å². The van der Waals surface area contributed by atoms with Gasteiger partial charge in [0.2, 0.25) is 11.8 Å². The van der Waals surface area contributed by atoms with Crippen molar-refractivity contribution in [3.05, 3.63) is 60.4 Å². The summed E-state index contributed by atoms with van der Waals surface area (Å²) in [6, 6.07) is 12.3. The van der Waals surface area contributed by atoms with Crippen LogP contribution in [0.4, 0.5) is 5.69 Å². The molecule has 1 aromatic carbocycles. The molecule has 0 aliphatic carbocycles. The predicted octanol–water partition coefficient (Wildman–Crippen LogP) is 3.29.